The van der Waals surface area contributed by atoms with Crippen LogP contribution in [-0.4, -0.2) is 8.32 Å². The Bertz CT molecular complexity index is 440. The molecule has 0 N–H and O–H groups in total. The van der Waals surface area contributed by atoms with Gasteiger partial charge in [-0.3, -0.25) is 0 Å². The Hall–Kier alpha value is -0.863. The molecule has 0 aromatic heterocycles. The van der Waals surface area contributed by atoms with Crippen molar-refractivity contribution in [2.75, 3.05) is 0 Å². The Labute approximate surface area is 106 Å². The standard InChI is InChI=1S/C15H21OSi/c1-15(2,3)17(4,5)16-14-11-10-12-8-6-7-9-13(12)14/h6-11H,1-5H3. The molecule has 1 aromatic rings. The van der Waals surface area contributed by atoms with Gasteiger partial charge in [0.2, 0.25) is 0 Å². The minimum absolute atomic E-state index is 0.241. The summed E-state index contributed by atoms with van der Waals surface area (Å²) in [4.78, 5) is 0. The largest absolute Gasteiger partial charge is 0.401 e. The number of benzene rings is 1. The molecule has 0 saturated heterocycles. The lowest BCUT2D eigenvalue weighted by atomic mass is 10.1. The second kappa shape index (κ2) is 4.11. The fraction of sp³-hybridized carbons (Fsp3) is 0.400. The third kappa shape index (κ3) is 2.38. The van der Waals surface area contributed by atoms with Crippen molar-refractivity contribution in [3.05, 3.63) is 47.6 Å². The first-order valence-corrected chi connectivity index (χ1v) is 9.05. The van der Waals surface area contributed by atoms with Gasteiger partial charge >= 0.3 is 0 Å². The molecule has 0 fully saturated rings. The van der Waals surface area contributed by atoms with E-state index in [-0.39, 0.29) is 5.04 Å². The molecular weight excluding hydrogens is 224 g/mol. The quantitative estimate of drug-likeness (QED) is 0.691. The van der Waals surface area contributed by atoms with E-state index in [1.807, 2.05) is 0 Å². The van der Waals surface area contributed by atoms with E-state index in [2.05, 4.69) is 70.3 Å². The summed E-state index contributed by atoms with van der Waals surface area (Å²) in [5, 5.41) is 0.241. The van der Waals surface area contributed by atoms with E-state index in [4.69, 9.17) is 4.43 Å². The average molecular weight is 245 g/mol. The number of fused-ring (bicyclic) bond motifs is 1. The van der Waals surface area contributed by atoms with Crippen LogP contribution in [0.15, 0.2) is 30.3 Å². The molecule has 1 aliphatic carbocycles. The first-order valence-electron chi connectivity index (χ1n) is 6.15. The molecule has 91 valence electrons. The fourth-order valence-electron chi connectivity index (χ4n) is 1.64. The van der Waals surface area contributed by atoms with Gasteiger partial charge in [-0.15, -0.1) is 0 Å². The lowest BCUT2D eigenvalue weighted by Gasteiger charge is -2.37. The summed E-state index contributed by atoms with van der Waals surface area (Å²) < 4.78 is 6.36. The average Bonchev–Trinajstić information content (AvgIpc) is 2.60. The van der Waals surface area contributed by atoms with Crippen molar-refractivity contribution in [2.24, 2.45) is 0 Å². The van der Waals surface area contributed by atoms with E-state index in [0.29, 0.717) is 0 Å². The van der Waals surface area contributed by atoms with Crippen molar-refractivity contribution in [3.8, 4) is 0 Å². The van der Waals surface area contributed by atoms with E-state index >= 15 is 0 Å². The molecular formula is C15H21OSi. The van der Waals surface area contributed by atoms with E-state index in [1.54, 1.807) is 0 Å². The first-order chi connectivity index (χ1) is 7.81. The molecule has 0 unspecified atom stereocenters. The predicted octanol–water partition coefficient (Wildman–Crippen LogP) is 4.62. The molecule has 1 aromatic carbocycles. The zero-order valence-corrected chi connectivity index (χ0v) is 12.4. The smallest absolute Gasteiger partial charge is 0.193 e. The number of hydrogen-bond donors (Lipinski definition) is 0. The number of rotatable bonds is 2. The van der Waals surface area contributed by atoms with E-state index < -0.39 is 8.32 Å². The maximum Gasteiger partial charge on any atom is 0.193 e. The minimum atomic E-state index is -1.73. The second-order valence-corrected chi connectivity index (χ2v) is 10.9. The molecule has 1 aliphatic rings. The molecule has 0 amide bonds. The van der Waals surface area contributed by atoms with Crippen molar-refractivity contribution in [3.63, 3.8) is 0 Å². The van der Waals surface area contributed by atoms with Crippen LogP contribution in [0.3, 0.4) is 0 Å². The maximum atomic E-state index is 6.36. The molecule has 2 heteroatoms. The van der Waals surface area contributed by atoms with E-state index in [9.17, 15) is 0 Å². The van der Waals surface area contributed by atoms with Gasteiger partial charge in [-0.2, -0.15) is 0 Å². The van der Waals surface area contributed by atoms with Crippen LogP contribution in [-0.2, 0) is 4.43 Å². The Morgan fingerprint density at radius 2 is 1.65 bits per heavy atom. The predicted molar refractivity (Wildman–Crippen MR) is 76.1 cm³/mol. The highest BCUT2D eigenvalue weighted by Crippen LogP contribution is 2.41. The van der Waals surface area contributed by atoms with Crippen LogP contribution in [0, 0.1) is 6.10 Å². The third-order valence-electron chi connectivity index (χ3n) is 3.81. The molecule has 0 heterocycles. The maximum absolute atomic E-state index is 6.36. The Balaban J connectivity index is 2.21. The van der Waals surface area contributed by atoms with Gasteiger partial charge in [-0.05, 0) is 35.3 Å². The van der Waals surface area contributed by atoms with Gasteiger partial charge < -0.3 is 4.43 Å². The normalized spacial score (nSPS) is 16.3. The lowest BCUT2D eigenvalue weighted by Crippen LogP contribution is -2.41. The van der Waals surface area contributed by atoms with E-state index in [0.717, 1.165) is 6.10 Å². The van der Waals surface area contributed by atoms with Crippen LogP contribution in [0.4, 0.5) is 0 Å². The summed E-state index contributed by atoms with van der Waals surface area (Å²) in [6.45, 7) is 11.4. The van der Waals surface area contributed by atoms with Crippen LogP contribution < -0.4 is 0 Å². The van der Waals surface area contributed by atoms with Gasteiger partial charge in [-0.25, -0.2) is 0 Å². The zero-order chi connectivity index (χ0) is 12.7. The summed E-state index contributed by atoms with van der Waals surface area (Å²) in [7, 11) is -1.73. The first kappa shape index (κ1) is 12.6. The highest BCUT2D eigenvalue weighted by Gasteiger charge is 2.40. The topological polar surface area (TPSA) is 9.23 Å². The summed E-state index contributed by atoms with van der Waals surface area (Å²) in [5.74, 6) is 0. The summed E-state index contributed by atoms with van der Waals surface area (Å²) in [5.41, 5.74) is 2.50. The van der Waals surface area contributed by atoms with Crippen molar-refractivity contribution < 1.29 is 4.43 Å². The summed E-state index contributed by atoms with van der Waals surface area (Å²) in [6, 6.07) is 8.41. The van der Waals surface area contributed by atoms with Crippen LogP contribution >= 0.6 is 0 Å². The van der Waals surface area contributed by atoms with Crippen molar-refractivity contribution >= 4 is 14.4 Å². The van der Waals surface area contributed by atoms with Gasteiger partial charge in [0.05, 0.1) is 0 Å². The monoisotopic (exact) mass is 245 g/mol. The highest BCUT2D eigenvalue weighted by molar-refractivity contribution is 6.74. The molecule has 17 heavy (non-hydrogen) atoms. The van der Waals surface area contributed by atoms with Gasteiger partial charge in [0.1, 0.15) is 6.10 Å². The Morgan fingerprint density at radius 1 is 1.00 bits per heavy atom. The molecule has 0 bridgehead atoms. The zero-order valence-electron chi connectivity index (χ0n) is 11.4. The molecule has 0 spiro atoms. The van der Waals surface area contributed by atoms with Gasteiger partial charge in [-0.1, -0.05) is 51.1 Å². The van der Waals surface area contributed by atoms with Gasteiger partial charge in [0.15, 0.2) is 8.32 Å². The molecule has 1 nitrogen and oxygen atoms in total. The van der Waals surface area contributed by atoms with Gasteiger partial charge in [0, 0.05) is 0 Å². The Morgan fingerprint density at radius 3 is 2.29 bits per heavy atom. The van der Waals surface area contributed by atoms with Crippen molar-refractivity contribution in [2.45, 2.75) is 38.9 Å². The fourth-order valence-corrected chi connectivity index (χ4v) is 2.67. The molecule has 2 rings (SSSR count). The van der Waals surface area contributed by atoms with Gasteiger partial charge in [0.25, 0.3) is 0 Å². The number of hydrogen-bond acceptors (Lipinski definition) is 1. The van der Waals surface area contributed by atoms with Crippen LogP contribution in [0.2, 0.25) is 18.1 Å². The Kier molecular flexibility index (Phi) is 3.04. The summed E-state index contributed by atoms with van der Waals surface area (Å²) in [6.07, 6.45) is 5.29. The van der Waals surface area contributed by atoms with Crippen LogP contribution in [0.1, 0.15) is 31.9 Å². The van der Waals surface area contributed by atoms with Crippen molar-refractivity contribution in [1.82, 2.24) is 0 Å². The van der Waals surface area contributed by atoms with Crippen molar-refractivity contribution in [1.29, 1.82) is 0 Å². The summed E-state index contributed by atoms with van der Waals surface area (Å²) >= 11 is 0. The molecule has 0 atom stereocenters. The second-order valence-electron chi connectivity index (χ2n) is 6.15. The molecule has 1 radical (unpaired) electrons. The molecule has 0 saturated carbocycles. The third-order valence-corrected chi connectivity index (χ3v) is 8.15. The van der Waals surface area contributed by atoms with Crippen LogP contribution in [0.25, 0.3) is 6.08 Å². The van der Waals surface area contributed by atoms with E-state index in [1.165, 1.54) is 11.1 Å². The van der Waals surface area contributed by atoms with Crippen LogP contribution in [0.5, 0.6) is 0 Å². The minimum Gasteiger partial charge on any atom is -0.401 e. The highest BCUT2D eigenvalue weighted by atomic mass is 28.4. The lowest BCUT2D eigenvalue weighted by molar-refractivity contribution is 0.347. The molecule has 0 aliphatic heterocycles. The SMILES string of the molecule is CC(C)(C)[Si](C)(C)O[C]1C=Cc2ccccc21.